The van der Waals surface area contributed by atoms with E-state index in [4.69, 9.17) is 11.5 Å². The van der Waals surface area contributed by atoms with Crippen LogP contribution in [0.3, 0.4) is 0 Å². The van der Waals surface area contributed by atoms with Crippen molar-refractivity contribution in [3.63, 3.8) is 0 Å². The topological polar surface area (TPSA) is 37.3 Å². The molecule has 0 saturated carbocycles. The Labute approximate surface area is 77.2 Å². The van der Waals surface area contributed by atoms with Crippen molar-refractivity contribution in [2.45, 2.75) is 12.8 Å². The first-order valence-electron chi connectivity index (χ1n) is 4.00. The highest BCUT2D eigenvalue weighted by atomic mass is 16.4. The molecule has 0 aliphatic carbocycles. The molecule has 0 spiro atoms. The molecule has 1 aromatic carbocycles. The first-order valence-corrected chi connectivity index (χ1v) is 4.00. The maximum atomic E-state index is 10.7. The summed E-state index contributed by atoms with van der Waals surface area (Å²) in [5, 5.41) is 8.81. The Morgan fingerprint density at radius 2 is 2.15 bits per heavy atom. The molecule has 0 amide bonds. The van der Waals surface area contributed by atoms with E-state index >= 15 is 0 Å². The Balaban J connectivity index is 2.92. The second-order valence-electron chi connectivity index (χ2n) is 2.67. The van der Waals surface area contributed by atoms with Gasteiger partial charge in [0.15, 0.2) is 0 Å². The zero-order valence-electron chi connectivity index (χ0n) is 7.16. The minimum atomic E-state index is -0.896. The average Bonchev–Trinajstić information content (AvgIpc) is 2.15. The standard InChI is InChI=1S/C11H10O2/c1-2-3-6-9-7-4-5-8-10(9)11(12)13/h1,4-5,7-8H,3,6H2,(H,12,13). The number of benzene rings is 1. The Morgan fingerprint density at radius 1 is 1.46 bits per heavy atom. The summed E-state index contributed by atoms with van der Waals surface area (Å²) >= 11 is 0. The van der Waals surface area contributed by atoms with Gasteiger partial charge >= 0.3 is 5.97 Å². The Bertz CT molecular complexity index is 347. The van der Waals surface area contributed by atoms with Crippen LogP contribution in [0, 0.1) is 12.3 Å². The molecule has 0 fully saturated rings. The van der Waals surface area contributed by atoms with E-state index in [0.717, 1.165) is 5.56 Å². The quantitative estimate of drug-likeness (QED) is 0.711. The molecular weight excluding hydrogens is 164 g/mol. The number of rotatable bonds is 3. The zero-order valence-corrected chi connectivity index (χ0v) is 7.16. The van der Waals surface area contributed by atoms with Gasteiger partial charge in [0.2, 0.25) is 0 Å². The van der Waals surface area contributed by atoms with Crippen LogP contribution in [0.15, 0.2) is 24.3 Å². The van der Waals surface area contributed by atoms with Crippen LogP contribution in [0.5, 0.6) is 0 Å². The fourth-order valence-corrected chi connectivity index (χ4v) is 1.15. The molecule has 2 heteroatoms. The van der Waals surface area contributed by atoms with Gasteiger partial charge in [0.1, 0.15) is 0 Å². The van der Waals surface area contributed by atoms with E-state index in [2.05, 4.69) is 5.92 Å². The summed E-state index contributed by atoms with van der Waals surface area (Å²) in [6.07, 6.45) is 6.30. The first kappa shape index (κ1) is 9.34. The van der Waals surface area contributed by atoms with Gasteiger partial charge in [0, 0.05) is 6.42 Å². The van der Waals surface area contributed by atoms with Gasteiger partial charge in [-0.2, -0.15) is 0 Å². The lowest BCUT2D eigenvalue weighted by molar-refractivity contribution is 0.0695. The number of hydrogen-bond acceptors (Lipinski definition) is 1. The third-order valence-electron chi connectivity index (χ3n) is 1.79. The van der Waals surface area contributed by atoms with Crippen LogP contribution >= 0.6 is 0 Å². The summed E-state index contributed by atoms with van der Waals surface area (Å²) in [6, 6.07) is 6.91. The molecular formula is C11H10O2. The number of aryl methyl sites for hydroxylation is 1. The van der Waals surface area contributed by atoms with E-state index in [-0.39, 0.29) is 0 Å². The second kappa shape index (κ2) is 4.32. The monoisotopic (exact) mass is 174 g/mol. The van der Waals surface area contributed by atoms with Crippen LogP contribution in [0.1, 0.15) is 22.3 Å². The van der Waals surface area contributed by atoms with Crippen LogP contribution < -0.4 is 0 Å². The minimum absolute atomic E-state index is 0.345. The predicted molar refractivity (Wildman–Crippen MR) is 50.6 cm³/mol. The molecule has 1 aromatic rings. The van der Waals surface area contributed by atoms with E-state index in [0.29, 0.717) is 18.4 Å². The highest BCUT2D eigenvalue weighted by molar-refractivity contribution is 5.89. The highest BCUT2D eigenvalue weighted by Gasteiger charge is 2.07. The SMILES string of the molecule is C#CCCc1ccccc1C(=O)O. The zero-order chi connectivity index (χ0) is 9.68. The minimum Gasteiger partial charge on any atom is -0.478 e. The molecule has 0 unspecified atom stereocenters. The number of carbonyl (C=O) groups is 1. The van der Waals surface area contributed by atoms with Crippen LogP contribution in [-0.2, 0) is 6.42 Å². The normalized spacial score (nSPS) is 9.15. The number of carboxylic acid groups (broad SMARTS) is 1. The lowest BCUT2D eigenvalue weighted by atomic mass is 10.0. The van der Waals surface area contributed by atoms with Crippen LogP contribution in [0.4, 0.5) is 0 Å². The summed E-state index contributed by atoms with van der Waals surface area (Å²) in [5.74, 6) is 1.59. The van der Waals surface area contributed by atoms with Crippen molar-refractivity contribution in [2.24, 2.45) is 0 Å². The number of hydrogen-bond donors (Lipinski definition) is 1. The third-order valence-corrected chi connectivity index (χ3v) is 1.79. The van der Waals surface area contributed by atoms with Gasteiger partial charge in [-0.15, -0.1) is 12.3 Å². The van der Waals surface area contributed by atoms with E-state index < -0.39 is 5.97 Å². The third kappa shape index (κ3) is 2.34. The molecule has 0 bridgehead atoms. The fourth-order valence-electron chi connectivity index (χ4n) is 1.15. The fraction of sp³-hybridized carbons (Fsp3) is 0.182. The molecule has 0 aromatic heterocycles. The maximum Gasteiger partial charge on any atom is 0.335 e. The highest BCUT2D eigenvalue weighted by Crippen LogP contribution is 2.10. The van der Waals surface area contributed by atoms with E-state index in [9.17, 15) is 4.79 Å². The summed E-state index contributed by atoms with van der Waals surface area (Å²) in [7, 11) is 0. The van der Waals surface area contributed by atoms with E-state index in [1.54, 1.807) is 18.2 Å². The number of terminal acetylenes is 1. The lowest BCUT2D eigenvalue weighted by Crippen LogP contribution is -2.01. The maximum absolute atomic E-state index is 10.7. The van der Waals surface area contributed by atoms with Crippen LogP contribution in [0.2, 0.25) is 0 Å². The Kier molecular flexibility index (Phi) is 3.10. The van der Waals surface area contributed by atoms with Gasteiger partial charge < -0.3 is 5.11 Å². The molecule has 1 N–H and O–H groups in total. The Morgan fingerprint density at radius 3 is 2.77 bits per heavy atom. The number of aromatic carboxylic acids is 1. The molecule has 0 heterocycles. The van der Waals surface area contributed by atoms with Crippen molar-refractivity contribution in [3.8, 4) is 12.3 Å². The largest absolute Gasteiger partial charge is 0.478 e. The molecule has 13 heavy (non-hydrogen) atoms. The van der Waals surface area contributed by atoms with Crippen LogP contribution in [-0.4, -0.2) is 11.1 Å². The van der Waals surface area contributed by atoms with Crippen molar-refractivity contribution in [2.75, 3.05) is 0 Å². The van der Waals surface area contributed by atoms with Gasteiger partial charge in [-0.1, -0.05) is 18.2 Å². The molecule has 66 valence electrons. The summed E-state index contributed by atoms with van der Waals surface area (Å²) < 4.78 is 0. The van der Waals surface area contributed by atoms with Crippen molar-refractivity contribution in [1.82, 2.24) is 0 Å². The van der Waals surface area contributed by atoms with Gasteiger partial charge in [-0.25, -0.2) is 4.79 Å². The lowest BCUT2D eigenvalue weighted by Gasteiger charge is -2.02. The van der Waals surface area contributed by atoms with E-state index in [1.807, 2.05) is 6.07 Å². The molecule has 0 aliphatic heterocycles. The predicted octanol–water partition coefficient (Wildman–Crippen LogP) is 1.95. The van der Waals surface area contributed by atoms with Crippen molar-refractivity contribution in [1.29, 1.82) is 0 Å². The van der Waals surface area contributed by atoms with Crippen molar-refractivity contribution >= 4 is 5.97 Å². The molecule has 0 radical (unpaired) electrons. The molecule has 0 aliphatic rings. The average molecular weight is 174 g/mol. The molecule has 2 nitrogen and oxygen atoms in total. The van der Waals surface area contributed by atoms with Crippen LogP contribution in [0.25, 0.3) is 0 Å². The molecule has 1 rings (SSSR count). The summed E-state index contributed by atoms with van der Waals surface area (Å²) in [4.78, 5) is 10.7. The van der Waals surface area contributed by atoms with Crippen molar-refractivity contribution < 1.29 is 9.90 Å². The first-order chi connectivity index (χ1) is 6.25. The molecule has 0 atom stereocenters. The van der Waals surface area contributed by atoms with Gasteiger partial charge in [0.05, 0.1) is 5.56 Å². The second-order valence-corrected chi connectivity index (χ2v) is 2.67. The Hall–Kier alpha value is -1.75. The van der Waals surface area contributed by atoms with Crippen molar-refractivity contribution in [3.05, 3.63) is 35.4 Å². The van der Waals surface area contributed by atoms with E-state index in [1.165, 1.54) is 0 Å². The summed E-state index contributed by atoms with van der Waals surface area (Å²) in [6.45, 7) is 0. The van der Waals surface area contributed by atoms with Gasteiger partial charge in [0.25, 0.3) is 0 Å². The molecule has 0 saturated heterocycles. The van der Waals surface area contributed by atoms with Gasteiger partial charge in [-0.05, 0) is 18.1 Å². The smallest absolute Gasteiger partial charge is 0.335 e. The summed E-state index contributed by atoms with van der Waals surface area (Å²) in [5.41, 5.74) is 1.14. The van der Waals surface area contributed by atoms with Gasteiger partial charge in [-0.3, -0.25) is 0 Å². The number of carboxylic acids is 1.